The van der Waals surface area contributed by atoms with Crippen LogP contribution in [0.4, 0.5) is 14.5 Å². The Balaban J connectivity index is 1.41. The molecule has 0 aliphatic rings. The van der Waals surface area contributed by atoms with Crippen LogP contribution in [-0.2, 0) is 4.79 Å². The molecule has 0 spiro atoms. The topological polar surface area (TPSA) is 88.9 Å². The Morgan fingerprint density at radius 1 is 1.00 bits per heavy atom. The summed E-state index contributed by atoms with van der Waals surface area (Å²) < 4.78 is 26.4. The van der Waals surface area contributed by atoms with Gasteiger partial charge in [-0.05, 0) is 42.8 Å². The normalized spacial score (nSPS) is 10.5. The van der Waals surface area contributed by atoms with Gasteiger partial charge in [0.15, 0.2) is 0 Å². The number of nitrogens with zero attached hydrogens (tertiary/aromatic N) is 3. The fourth-order valence-corrected chi connectivity index (χ4v) is 2.47. The molecule has 2 aromatic carbocycles. The molecule has 0 saturated carbocycles. The van der Waals surface area contributed by atoms with Crippen LogP contribution in [0.25, 0.3) is 5.69 Å². The quantitative estimate of drug-likeness (QED) is 0.612. The van der Waals surface area contributed by atoms with Crippen molar-refractivity contribution in [3.05, 3.63) is 72.1 Å². The molecule has 0 atom stereocenters. The predicted octanol–water partition coefficient (Wildman–Crippen LogP) is 2.69. The van der Waals surface area contributed by atoms with Gasteiger partial charge in [0.25, 0.3) is 5.91 Å². The summed E-state index contributed by atoms with van der Waals surface area (Å²) in [4.78, 5) is 25.3. The van der Waals surface area contributed by atoms with Crippen LogP contribution in [0.1, 0.15) is 23.2 Å². The van der Waals surface area contributed by atoms with Crippen LogP contribution in [0.15, 0.2) is 54.9 Å². The molecule has 28 heavy (non-hydrogen) atoms. The van der Waals surface area contributed by atoms with Crippen molar-refractivity contribution in [1.82, 2.24) is 20.3 Å². The molecule has 0 fully saturated rings. The molecule has 1 heterocycles. The third-order valence-corrected chi connectivity index (χ3v) is 3.84. The molecule has 3 rings (SSSR count). The maximum Gasteiger partial charge on any atom is 0.254 e. The van der Waals surface area contributed by atoms with E-state index in [0.29, 0.717) is 18.2 Å². The van der Waals surface area contributed by atoms with E-state index in [1.165, 1.54) is 4.80 Å². The summed E-state index contributed by atoms with van der Waals surface area (Å²) >= 11 is 0. The number of amides is 2. The molecule has 0 bridgehead atoms. The van der Waals surface area contributed by atoms with Crippen LogP contribution in [-0.4, -0.2) is 33.4 Å². The maximum absolute atomic E-state index is 13.5. The monoisotopic (exact) mass is 385 g/mol. The molecule has 0 radical (unpaired) electrons. The highest BCUT2D eigenvalue weighted by Crippen LogP contribution is 2.12. The highest BCUT2D eigenvalue weighted by atomic mass is 19.1. The molecule has 3 aromatic rings. The molecule has 1 aromatic heterocycles. The Kier molecular flexibility index (Phi) is 6.05. The second kappa shape index (κ2) is 8.85. The average Bonchev–Trinajstić information content (AvgIpc) is 3.20. The molecule has 0 unspecified atom stereocenters. The van der Waals surface area contributed by atoms with Gasteiger partial charge in [0.1, 0.15) is 11.6 Å². The van der Waals surface area contributed by atoms with Crippen molar-refractivity contribution in [3.8, 4) is 5.69 Å². The van der Waals surface area contributed by atoms with Crippen molar-refractivity contribution in [2.24, 2.45) is 0 Å². The van der Waals surface area contributed by atoms with Gasteiger partial charge >= 0.3 is 0 Å². The third kappa shape index (κ3) is 4.97. The van der Waals surface area contributed by atoms with E-state index < -0.39 is 17.5 Å². The summed E-state index contributed by atoms with van der Waals surface area (Å²) in [7, 11) is 0. The molecular formula is C19H17F2N5O2. The minimum Gasteiger partial charge on any atom is -0.352 e. The average molecular weight is 385 g/mol. The van der Waals surface area contributed by atoms with Crippen molar-refractivity contribution in [2.75, 3.05) is 11.9 Å². The van der Waals surface area contributed by atoms with Crippen LogP contribution < -0.4 is 10.6 Å². The zero-order valence-electron chi connectivity index (χ0n) is 14.7. The van der Waals surface area contributed by atoms with Gasteiger partial charge in [0.2, 0.25) is 5.91 Å². The summed E-state index contributed by atoms with van der Waals surface area (Å²) in [5.41, 5.74) is 1.15. The van der Waals surface area contributed by atoms with E-state index in [1.807, 2.05) is 0 Å². The van der Waals surface area contributed by atoms with Crippen molar-refractivity contribution in [3.63, 3.8) is 0 Å². The Bertz CT molecular complexity index is 959. The van der Waals surface area contributed by atoms with Crippen molar-refractivity contribution in [1.29, 1.82) is 0 Å². The highest BCUT2D eigenvalue weighted by molar-refractivity contribution is 5.94. The Morgan fingerprint density at radius 3 is 2.39 bits per heavy atom. The molecule has 9 heteroatoms. The Hall–Kier alpha value is -3.62. The number of carbonyl (C=O) groups is 2. The predicted molar refractivity (Wildman–Crippen MR) is 97.9 cm³/mol. The minimum atomic E-state index is -0.927. The van der Waals surface area contributed by atoms with Gasteiger partial charge in [-0.15, -0.1) is 0 Å². The lowest BCUT2D eigenvalue weighted by molar-refractivity contribution is -0.116. The number of halogens is 2. The smallest absolute Gasteiger partial charge is 0.254 e. The number of rotatable bonds is 7. The van der Waals surface area contributed by atoms with E-state index in [4.69, 9.17) is 0 Å². The highest BCUT2D eigenvalue weighted by Gasteiger charge is 2.12. The first kappa shape index (κ1) is 19.2. The van der Waals surface area contributed by atoms with Crippen LogP contribution in [0.5, 0.6) is 0 Å². The first-order chi connectivity index (χ1) is 13.5. The fourth-order valence-electron chi connectivity index (χ4n) is 2.47. The minimum absolute atomic E-state index is 0.175. The maximum atomic E-state index is 13.5. The van der Waals surface area contributed by atoms with Crippen LogP contribution in [0, 0.1) is 11.6 Å². The van der Waals surface area contributed by atoms with Gasteiger partial charge in [-0.3, -0.25) is 9.59 Å². The van der Waals surface area contributed by atoms with Crippen LogP contribution in [0.2, 0.25) is 0 Å². The molecule has 0 aliphatic carbocycles. The molecule has 2 N–H and O–H groups in total. The van der Waals surface area contributed by atoms with Crippen molar-refractivity contribution in [2.45, 2.75) is 12.8 Å². The second-order valence-corrected chi connectivity index (χ2v) is 5.90. The van der Waals surface area contributed by atoms with Gasteiger partial charge in [-0.25, -0.2) is 8.78 Å². The SMILES string of the molecule is O=C(CCCNC(=O)c1ccc(F)cc1F)Nc1ccc(-n2nccn2)cc1. The standard InChI is InChI=1S/C19H17F2N5O2/c20-13-3-8-16(17(21)12-13)19(28)22-9-1-2-18(27)25-14-4-6-15(7-5-14)26-23-10-11-24-26/h3-8,10-12H,1-2,9H2,(H,22,28)(H,25,27). The number of hydrogen-bond acceptors (Lipinski definition) is 4. The molecular weight excluding hydrogens is 368 g/mol. The summed E-state index contributed by atoms with van der Waals surface area (Å²) in [5, 5.41) is 13.3. The van der Waals surface area contributed by atoms with Crippen LogP contribution in [0.3, 0.4) is 0 Å². The number of benzene rings is 2. The first-order valence-corrected chi connectivity index (χ1v) is 8.53. The molecule has 7 nitrogen and oxygen atoms in total. The Morgan fingerprint density at radius 2 is 1.71 bits per heavy atom. The summed E-state index contributed by atoms with van der Waals surface area (Å²) in [6.07, 6.45) is 3.68. The number of aromatic nitrogens is 3. The molecule has 144 valence electrons. The number of anilines is 1. The lowest BCUT2D eigenvalue weighted by atomic mass is 10.2. The van der Waals surface area contributed by atoms with Gasteiger partial charge < -0.3 is 10.6 Å². The van der Waals surface area contributed by atoms with E-state index in [9.17, 15) is 18.4 Å². The summed E-state index contributed by atoms with van der Waals surface area (Å²) in [6, 6.07) is 9.75. The molecule has 0 saturated heterocycles. The zero-order valence-corrected chi connectivity index (χ0v) is 14.7. The lowest BCUT2D eigenvalue weighted by Gasteiger charge is -2.08. The molecule has 2 amide bonds. The van der Waals surface area contributed by atoms with E-state index in [-0.39, 0.29) is 24.4 Å². The van der Waals surface area contributed by atoms with Gasteiger partial charge in [-0.1, -0.05) is 0 Å². The van der Waals surface area contributed by atoms with E-state index in [1.54, 1.807) is 36.7 Å². The Labute approximate surface area is 159 Å². The summed E-state index contributed by atoms with van der Waals surface area (Å²) in [6.45, 7) is 0.187. The second-order valence-electron chi connectivity index (χ2n) is 5.90. The number of nitrogens with one attached hydrogen (secondary N) is 2. The first-order valence-electron chi connectivity index (χ1n) is 8.53. The van der Waals surface area contributed by atoms with E-state index in [2.05, 4.69) is 20.8 Å². The van der Waals surface area contributed by atoms with Crippen molar-refractivity contribution >= 4 is 17.5 Å². The number of hydrogen-bond donors (Lipinski definition) is 2. The van der Waals surface area contributed by atoms with Gasteiger partial charge in [0, 0.05) is 24.7 Å². The third-order valence-electron chi connectivity index (χ3n) is 3.84. The van der Waals surface area contributed by atoms with Gasteiger partial charge in [0.05, 0.1) is 23.6 Å². The number of carbonyl (C=O) groups excluding carboxylic acids is 2. The fraction of sp³-hybridized carbons (Fsp3) is 0.158. The largest absolute Gasteiger partial charge is 0.352 e. The van der Waals surface area contributed by atoms with Crippen molar-refractivity contribution < 1.29 is 18.4 Å². The lowest BCUT2D eigenvalue weighted by Crippen LogP contribution is -2.26. The molecule has 0 aliphatic heterocycles. The van der Waals surface area contributed by atoms with Gasteiger partial charge in [-0.2, -0.15) is 15.0 Å². The van der Waals surface area contributed by atoms with E-state index >= 15 is 0 Å². The van der Waals surface area contributed by atoms with Crippen LogP contribution >= 0.6 is 0 Å². The zero-order chi connectivity index (χ0) is 19.9. The van der Waals surface area contributed by atoms with E-state index in [0.717, 1.165) is 17.8 Å². The summed E-state index contributed by atoms with van der Waals surface area (Å²) in [5.74, 6) is -2.54.